The number of nitrogens with zero attached hydrogens (tertiary/aromatic N) is 1. The van der Waals surface area contributed by atoms with Crippen molar-refractivity contribution in [3.05, 3.63) is 0 Å². The molecule has 0 spiro atoms. The molecule has 78 valence electrons. The third kappa shape index (κ3) is 3.55. The van der Waals surface area contributed by atoms with Crippen LogP contribution in [0.2, 0.25) is 0 Å². The van der Waals surface area contributed by atoms with Gasteiger partial charge in [-0.15, -0.1) is 0 Å². The minimum atomic E-state index is -4.00. The second kappa shape index (κ2) is 3.86. The van der Waals surface area contributed by atoms with Crippen molar-refractivity contribution in [2.45, 2.75) is 26.4 Å². The molecule has 1 aliphatic rings. The first-order chi connectivity index (χ1) is 5.88. The van der Waals surface area contributed by atoms with Crippen molar-refractivity contribution in [3.63, 3.8) is 0 Å². The SMILES string of the molecule is CC1CN(CCC(F)(F)F)CC1C. The first-order valence-electron chi connectivity index (χ1n) is 4.67. The fraction of sp³-hybridized carbons (Fsp3) is 1.00. The molecule has 13 heavy (non-hydrogen) atoms. The summed E-state index contributed by atoms with van der Waals surface area (Å²) in [4.78, 5) is 1.91. The van der Waals surface area contributed by atoms with E-state index >= 15 is 0 Å². The number of rotatable bonds is 2. The summed E-state index contributed by atoms with van der Waals surface area (Å²) in [7, 11) is 0. The van der Waals surface area contributed by atoms with E-state index in [9.17, 15) is 13.2 Å². The maximum Gasteiger partial charge on any atom is 0.390 e. The predicted octanol–water partition coefficient (Wildman–Crippen LogP) is 2.53. The highest BCUT2D eigenvalue weighted by molar-refractivity contribution is 4.78. The molecule has 2 unspecified atom stereocenters. The number of hydrogen-bond donors (Lipinski definition) is 0. The Balaban J connectivity index is 2.25. The zero-order valence-electron chi connectivity index (χ0n) is 8.06. The molecule has 1 aliphatic heterocycles. The second-order valence-electron chi connectivity index (χ2n) is 4.08. The van der Waals surface area contributed by atoms with E-state index in [0.29, 0.717) is 11.8 Å². The summed E-state index contributed by atoms with van der Waals surface area (Å²) in [6, 6.07) is 0. The van der Waals surface area contributed by atoms with E-state index in [-0.39, 0.29) is 6.54 Å². The molecule has 0 aliphatic carbocycles. The fourth-order valence-electron chi connectivity index (χ4n) is 1.72. The molecule has 1 saturated heterocycles. The lowest BCUT2D eigenvalue weighted by Gasteiger charge is -2.16. The molecule has 0 amide bonds. The van der Waals surface area contributed by atoms with Gasteiger partial charge in [0.2, 0.25) is 0 Å². The quantitative estimate of drug-likeness (QED) is 0.654. The lowest BCUT2D eigenvalue weighted by molar-refractivity contribution is -0.137. The van der Waals surface area contributed by atoms with Crippen LogP contribution in [0.1, 0.15) is 20.3 Å². The van der Waals surface area contributed by atoms with Crippen molar-refractivity contribution in [3.8, 4) is 0 Å². The average molecular weight is 195 g/mol. The van der Waals surface area contributed by atoms with Gasteiger partial charge in [-0.05, 0) is 11.8 Å². The molecule has 0 aromatic rings. The molecule has 0 saturated carbocycles. The predicted molar refractivity (Wildman–Crippen MR) is 45.4 cm³/mol. The molecule has 1 fully saturated rings. The summed E-state index contributed by atoms with van der Waals surface area (Å²) in [5.74, 6) is 1.07. The van der Waals surface area contributed by atoms with Crippen molar-refractivity contribution in [1.82, 2.24) is 4.90 Å². The largest absolute Gasteiger partial charge is 0.390 e. The molecule has 0 aromatic heterocycles. The molecule has 0 aromatic carbocycles. The summed E-state index contributed by atoms with van der Waals surface area (Å²) < 4.78 is 35.6. The molecular weight excluding hydrogens is 179 g/mol. The van der Waals surface area contributed by atoms with Crippen molar-refractivity contribution < 1.29 is 13.2 Å². The normalized spacial score (nSPS) is 31.2. The average Bonchev–Trinajstić information content (AvgIpc) is 2.27. The summed E-state index contributed by atoms with van der Waals surface area (Å²) in [5, 5.41) is 0. The number of hydrogen-bond acceptors (Lipinski definition) is 1. The van der Waals surface area contributed by atoms with E-state index in [0.717, 1.165) is 13.1 Å². The van der Waals surface area contributed by atoms with E-state index in [4.69, 9.17) is 0 Å². The van der Waals surface area contributed by atoms with Gasteiger partial charge < -0.3 is 4.90 Å². The molecular formula is C9H16F3N. The molecule has 0 bridgehead atoms. The third-order valence-electron chi connectivity index (χ3n) is 2.78. The van der Waals surface area contributed by atoms with E-state index < -0.39 is 12.6 Å². The first-order valence-corrected chi connectivity index (χ1v) is 4.67. The Kier molecular flexibility index (Phi) is 3.22. The molecule has 4 heteroatoms. The third-order valence-corrected chi connectivity index (χ3v) is 2.78. The van der Waals surface area contributed by atoms with Gasteiger partial charge in [-0.25, -0.2) is 0 Å². The Bertz CT molecular complexity index is 157. The van der Waals surface area contributed by atoms with Crippen LogP contribution in [0.25, 0.3) is 0 Å². The maximum absolute atomic E-state index is 11.9. The highest BCUT2D eigenvalue weighted by Gasteiger charge is 2.31. The van der Waals surface area contributed by atoms with Crippen LogP contribution in [0, 0.1) is 11.8 Å². The Hall–Kier alpha value is -0.250. The molecule has 2 atom stereocenters. The van der Waals surface area contributed by atoms with Gasteiger partial charge in [-0.2, -0.15) is 13.2 Å². The van der Waals surface area contributed by atoms with Gasteiger partial charge in [0.25, 0.3) is 0 Å². The summed E-state index contributed by atoms with van der Waals surface area (Å²) in [5.41, 5.74) is 0. The van der Waals surface area contributed by atoms with Gasteiger partial charge in [0, 0.05) is 19.6 Å². The number of halogens is 3. The Labute approximate surface area is 76.9 Å². The minimum absolute atomic E-state index is 0.165. The molecule has 0 radical (unpaired) electrons. The smallest absolute Gasteiger partial charge is 0.302 e. The van der Waals surface area contributed by atoms with Crippen LogP contribution in [-0.4, -0.2) is 30.7 Å². The van der Waals surface area contributed by atoms with Crippen molar-refractivity contribution >= 4 is 0 Å². The van der Waals surface area contributed by atoms with Gasteiger partial charge in [-0.3, -0.25) is 0 Å². The van der Waals surface area contributed by atoms with Crippen molar-refractivity contribution in [2.75, 3.05) is 19.6 Å². The zero-order valence-corrected chi connectivity index (χ0v) is 8.06. The summed E-state index contributed by atoms with van der Waals surface area (Å²) in [6.07, 6.45) is -4.68. The van der Waals surface area contributed by atoms with E-state index in [1.807, 2.05) is 4.90 Å². The van der Waals surface area contributed by atoms with Crippen molar-refractivity contribution in [1.29, 1.82) is 0 Å². The molecule has 0 N–H and O–H groups in total. The van der Waals surface area contributed by atoms with Crippen molar-refractivity contribution in [2.24, 2.45) is 11.8 Å². The monoisotopic (exact) mass is 195 g/mol. The van der Waals surface area contributed by atoms with E-state index in [1.54, 1.807) is 0 Å². The standard InChI is InChI=1S/C9H16F3N/c1-7-5-13(6-8(7)2)4-3-9(10,11)12/h7-8H,3-6H2,1-2H3. The molecule has 1 rings (SSSR count). The first kappa shape index (κ1) is 10.8. The highest BCUT2D eigenvalue weighted by atomic mass is 19.4. The van der Waals surface area contributed by atoms with Gasteiger partial charge >= 0.3 is 6.18 Å². The topological polar surface area (TPSA) is 3.24 Å². The van der Waals surface area contributed by atoms with Crippen LogP contribution in [0.5, 0.6) is 0 Å². The van der Waals surface area contributed by atoms with Gasteiger partial charge in [0.05, 0.1) is 6.42 Å². The van der Waals surface area contributed by atoms with E-state index in [2.05, 4.69) is 13.8 Å². The minimum Gasteiger partial charge on any atom is -0.302 e. The second-order valence-corrected chi connectivity index (χ2v) is 4.08. The Morgan fingerprint density at radius 1 is 1.15 bits per heavy atom. The van der Waals surface area contributed by atoms with E-state index in [1.165, 1.54) is 0 Å². The Morgan fingerprint density at radius 3 is 2.00 bits per heavy atom. The fourth-order valence-corrected chi connectivity index (χ4v) is 1.72. The van der Waals surface area contributed by atoms with Gasteiger partial charge in [-0.1, -0.05) is 13.8 Å². The lowest BCUT2D eigenvalue weighted by Crippen LogP contribution is -2.26. The van der Waals surface area contributed by atoms with Crippen LogP contribution in [0.3, 0.4) is 0 Å². The van der Waals surface area contributed by atoms with Gasteiger partial charge in [0.15, 0.2) is 0 Å². The summed E-state index contributed by atoms with van der Waals surface area (Å²) in [6.45, 7) is 5.99. The van der Waals surface area contributed by atoms with Crippen LogP contribution in [0.15, 0.2) is 0 Å². The summed E-state index contributed by atoms with van der Waals surface area (Å²) >= 11 is 0. The molecule has 1 nitrogen and oxygen atoms in total. The van der Waals surface area contributed by atoms with Crippen LogP contribution in [0.4, 0.5) is 13.2 Å². The number of alkyl halides is 3. The lowest BCUT2D eigenvalue weighted by atomic mass is 10.0. The van der Waals surface area contributed by atoms with Crippen LogP contribution >= 0.6 is 0 Å². The maximum atomic E-state index is 11.9. The highest BCUT2D eigenvalue weighted by Crippen LogP contribution is 2.25. The zero-order chi connectivity index (χ0) is 10.1. The van der Waals surface area contributed by atoms with Crippen LogP contribution < -0.4 is 0 Å². The Morgan fingerprint density at radius 2 is 1.62 bits per heavy atom. The molecule has 1 heterocycles. The van der Waals surface area contributed by atoms with Crippen LogP contribution in [-0.2, 0) is 0 Å². The number of likely N-dealkylation sites (tertiary alicyclic amines) is 1. The van der Waals surface area contributed by atoms with Gasteiger partial charge in [0.1, 0.15) is 0 Å².